The third-order valence-electron chi connectivity index (χ3n) is 8.52. The molecule has 1 unspecified atom stereocenters. The highest BCUT2D eigenvalue weighted by molar-refractivity contribution is 7.47. The molecule has 3 atom stereocenters. The van der Waals surface area contributed by atoms with E-state index < -0.39 is 51.8 Å². The second-order valence-electron chi connectivity index (χ2n) is 14.0. The normalized spacial score (nSPS) is 14.7. The Hall–Kier alpha value is -2.85. The van der Waals surface area contributed by atoms with Crippen LogP contribution >= 0.6 is 7.82 Å². The summed E-state index contributed by atoms with van der Waals surface area (Å²) in [5.41, 5.74) is 0. The Bertz CT molecular complexity index is 1220. The van der Waals surface area contributed by atoms with Crippen LogP contribution in [0.5, 0.6) is 0 Å². The number of aliphatic hydroxyl groups is 2. The molecular formula is C46H77O10P. The summed E-state index contributed by atoms with van der Waals surface area (Å²) in [5.74, 6) is -1.01. The lowest BCUT2D eigenvalue weighted by Gasteiger charge is -2.20. The Labute approximate surface area is 345 Å². The maximum absolute atomic E-state index is 12.6. The van der Waals surface area contributed by atoms with Crippen LogP contribution in [0.25, 0.3) is 0 Å². The summed E-state index contributed by atoms with van der Waals surface area (Å²) in [6, 6.07) is 0. The number of hydrogen-bond donors (Lipinski definition) is 3. The van der Waals surface area contributed by atoms with Gasteiger partial charge in [0.05, 0.1) is 19.8 Å². The van der Waals surface area contributed by atoms with Crippen LogP contribution in [0.1, 0.15) is 155 Å². The molecule has 0 amide bonds. The molecule has 0 aromatic heterocycles. The summed E-state index contributed by atoms with van der Waals surface area (Å²) < 4.78 is 32.6. The number of aliphatic hydroxyl groups excluding tert-OH is 2. The van der Waals surface area contributed by atoms with Crippen LogP contribution in [-0.2, 0) is 32.7 Å². The van der Waals surface area contributed by atoms with Crippen LogP contribution in [0.3, 0.4) is 0 Å². The van der Waals surface area contributed by atoms with Crippen LogP contribution in [0, 0.1) is 0 Å². The molecular weight excluding hydrogens is 743 g/mol. The highest BCUT2D eigenvalue weighted by Crippen LogP contribution is 2.43. The van der Waals surface area contributed by atoms with Crippen molar-refractivity contribution in [2.24, 2.45) is 0 Å². The van der Waals surface area contributed by atoms with Crippen LogP contribution in [0.2, 0.25) is 0 Å². The maximum atomic E-state index is 12.6. The zero-order valence-corrected chi connectivity index (χ0v) is 36.2. The average Bonchev–Trinajstić information content (AvgIpc) is 3.20. The Morgan fingerprint density at radius 2 is 0.912 bits per heavy atom. The highest BCUT2D eigenvalue weighted by Gasteiger charge is 2.27. The van der Waals surface area contributed by atoms with Gasteiger partial charge in [-0.3, -0.25) is 18.6 Å². The number of carbonyl (C=O) groups excluding carboxylic acids is 2. The van der Waals surface area contributed by atoms with E-state index in [0.29, 0.717) is 12.8 Å². The van der Waals surface area contributed by atoms with Crippen LogP contribution < -0.4 is 0 Å². The van der Waals surface area contributed by atoms with Crippen molar-refractivity contribution in [3.63, 3.8) is 0 Å². The van der Waals surface area contributed by atoms with E-state index in [0.717, 1.165) is 70.6 Å². The fourth-order valence-corrected chi connectivity index (χ4v) is 5.95. The van der Waals surface area contributed by atoms with E-state index in [1.807, 2.05) is 0 Å². The first-order valence-corrected chi connectivity index (χ1v) is 23.0. The van der Waals surface area contributed by atoms with Crippen LogP contribution in [0.15, 0.2) is 85.1 Å². The minimum atomic E-state index is -4.64. The minimum Gasteiger partial charge on any atom is -0.462 e. The van der Waals surface area contributed by atoms with Crippen molar-refractivity contribution in [3.05, 3.63) is 85.1 Å². The van der Waals surface area contributed by atoms with Crippen molar-refractivity contribution >= 4 is 19.8 Å². The lowest BCUT2D eigenvalue weighted by Crippen LogP contribution is -2.29. The number of unbranched alkanes of at least 4 members (excludes halogenated alkanes) is 11. The van der Waals surface area contributed by atoms with Gasteiger partial charge in [0.25, 0.3) is 0 Å². The second kappa shape index (κ2) is 41.3. The highest BCUT2D eigenvalue weighted by atomic mass is 31.2. The molecule has 326 valence electrons. The molecule has 0 rings (SSSR count). The number of carbonyl (C=O) groups is 2. The van der Waals surface area contributed by atoms with E-state index in [-0.39, 0.29) is 19.4 Å². The van der Waals surface area contributed by atoms with Crippen LogP contribution in [0.4, 0.5) is 0 Å². The Balaban J connectivity index is 4.45. The largest absolute Gasteiger partial charge is 0.472 e. The first-order valence-electron chi connectivity index (χ1n) is 21.5. The van der Waals surface area contributed by atoms with E-state index in [1.54, 1.807) is 0 Å². The van der Waals surface area contributed by atoms with E-state index in [9.17, 15) is 24.2 Å². The predicted molar refractivity (Wildman–Crippen MR) is 233 cm³/mol. The van der Waals surface area contributed by atoms with E-state index in [4.69, 9.17) is 19.1 Å². The fourth-order valence-electron chi connectivity index (χ4n) is 5.16. The van der Waals surface area contributed by atoms with Crippen molar-refractivity contribution in [2.75, 3.05) is 26.4 Å². The SMILES string of the molecule is CCCCC/C=C/C/C=C/C/C=C/C/C=C/CCCCCC(=O)O[C@H](COC(=O)CCCC/C=C/C/C=C/C/C=C/CCCCC)COP(=O)(O)OC[C@@H](O)CO. The molecule has 0 bridgehead atoms. The van der Waals surface area contributed by atoms with Crippen molar-refractivity contribution in [1.29, 1.82) is 0 Å². The van der Waals surface area contributed by atoms with Crippen molar-refractivity contribution in [1.82, 2.24) is 0 Å². The maximum Gasteiger partial charge on any atom is 0.472 e. The van der Waals surface area contributed by atoms with Gasteiger partial charge in [0.15, 0.2) is 6.10 Å². The molecule has 57 heavy (non-hydrogen) atoms. The monoisotopic (exact) mass is 821 g/mol. The van der Waals surface area contributed by atoms with E-state index >= 15 is 0 Å². The zero-order chi connectivity index (χ0) is 41.9. The molecule has 0 aromatic carbocycles. The molecule has 0 radical (unpaired) electrons. The Morgan fingerprint density at radius 1 is 0.526 bits per heavy atom. The molecule has 0 aliphatic carbocycles. The van der Waals surface area contributed by atoms with E-state index in [1.165, 1.54) is 44.9 Å². The molecule has 0 spiro atoms. The molecule has 10 nitrogen and oxygen atoms in total. The van der Waals surface area contributed by atoms with Gasteiger partial charge in [0.2, 0.25) is 0 Å². The molecule has 0 saturated carbocycles. The molecule has 3 N–H and O–H groups in total. The van der Waals surface area contributed by atoms with Gasteiger partial charge >= 0.3 is 19.8 Å². The standard InChI is InChI=1S/C46H77O10P/c1-3-5-7-9-11-13-15-17-19-20-21-22-24-26-28-30-32-34-36-38-46(50)56-44(42-55-57(51,52)54-40-43(48)39-47)41-53-45(49)37-35-33-31-29-27-25-23-18-16-14-12-10-8-6-4-2/h11-14,17-19,21-23,26-29,43-44,47-48H,3-10,15-16,20,24-25,30-42H2,1-2H3,(H,51,52)/b13-11+,14-12+,19-17+,22-21+,23-18+,28-26+,29-27+/t43-,44+/m0/s1. The molecule has 0 aliphatic rings. The fraction of sp³-hybridized carbons (Fsp3) is 0.652. The van der Waals surface area contributed by atoms with Gasteiger partial charge in [-0.25, -0.2) is 4.57 Å². The Morgan fingerprint density at radius 3 is 1.37 bits per heavy atom. The number of esters is 2. The lowest BCUT2D eigenvalue weighted by atomic mass is 10.1. The van der Waals surface area contributed by atoms with Gasteiger partial charge in [0.1, 0.15) is 12.7 Å². The van der Waals surface area contributed by atoms with Crippen molar-refractivity contribution in [2.45, 2.75) is 167 Å². The number of hydrogen-bond acceptors (Lipinski definition) is 9. The molecule has 11 heteroatoms. The summed E-state index contributed by atoms with van der Waals surface area (Å²) in [5, 5.41) is 18.3. The number of phosphoric acid groups is 1. The minimum absolute atomic E-state index is 0.133. The molecule has 0 fully saturated rings. The molecule has 0 heterocycles. The van der Waals surface area contributed by atoms with Gasteiger partial charge in [-0.05, 0) is 96.3 Å². The smallest absolute Gasteiger partial charge is 0.462 e. The van der Waals surface area contributed by atoms with Gasteiger partial charge in [-0.1, -0.05) is 131 Å². The van der Waals surface area contributed by atoms with Gasteiger partial charge in [-0.2, -0.15) is 0 Å². The first-order chi connectivity index (χ1) is 27.7. The zero-order valence-electron chi connectivity index (χ0n) is 35.3. The number of allylic oxidation sites excluding steroid dienone is 14. The quantitative estimate of drug-likeness (QED) is 0.0237. The van der Waals surface area contributed by atoms with E-state index in [2.05, 4.69) is 103 Å². The van der Waals surface area contributed by atoms with Gasteiger partial charge in [0, 0.05) is 12.8 Å². The predicted octanol–water partition coefficient (Wildman–Crippen LogP) is 11.4. The topological polar surface area (TPSA) is 149 Å². The summed E-state index contributed by atoms with van der Waals surface area (Å²) in [4.78, 5) is 35.0. The summed E-state index contributed by atoms with van der Waals surface area (Å²) in [7, 11) is -4.64. The van der Waals surface area contributed by atoms with Gasteiger partial charge < -0.3 is 24.6 Å². The number of ether oxygens (including phenoxy) is 2. The number of phosphoric ester groups is 1. The van der Waals surface area contributed by atoms with Crippen molar-refractivity contribution in [3.8, 4) is 0 Å². The molecule has 0 aliphatic heterocycles. The number of rotatable bonds is 39. The lowest BCUT2D eigenvalue weighted by molar-refractivity contribution is -0.161. The summed E-state index contributed by atoms with van der Waals surface area (Å²) >= 11 is 0. The molecule has 0 saturated heterocycles. The van der Waals surface area contributed by atoms with Gasteiger partial charge in [-0.15, -0.1) is 0 Å². The molecule has 0 aromatic rings. The third-order valence-corrected chi connectivity index (χ3v) is 9.47. The summed E-state index contributed by atoms with van der Waals surface area (Å²) in [6.07, 6.45) is 48.3. The second-order valence-corrected chi connectivity index (χ2v) is 15.5. The average molecular weight is 821 g/mol. The Kier molecular flexibility index (Phi) is 39.2. The summed E-state index contributed by atoms with van der Waals surface area (Å²) in [6.45, 7) is 2.22. The van der Waals surface area contributed by atoms with Crippen molar-refractivity contribution < 1.29 is 47.8 Å². The van der Waals surface area contributed by atoms with Crippen LogP contribution in [-0.4, -0.2) is 65.7 Å². The third kappa shape index (κ3) is 41.1. The first kappa shape index (κ1) is 54.2.